The third kappa shape index (κ3) is 4.20. The van der Waals surface area contributed by atoms with Crippen LogP contribution in [-0.4, -0.2) is 17.8 Å². The highest BCUT2D eigenvalue weighted by molar-refractivity contribution is 6.00. The van der Waals surface area contributed by atoms with Crippen molar-refractivity contribution in [1.82, 2.24) is 0 Å². The van der Waals surface area contributed by atoms with Crippen LogP contribution in [0.5, 0.6) is 5.75 Å². The molecule has 26 heavy (non-hydrogen) atoms. The summed E-state index contributed by atoms with van der Waals surface area (Å²) in [6.45, 7) is 0. The van der Waals surface area contributed by atoms with E-state index in [1.165, 1.54) is 0 Å². The molecule has 2 N–H and O–H groups in total. The van der Waals surface area contributed by atoms with Gasteiger partial charge in [-0.05, 0) is 25.0 Å². The second-order valence-electron chi connectivity index (χ2n) is 7.09. The van der Waals surface area contributed by atoms with Gasteiger partial charge in [0.05, 0.1) is 12.5 Å². The molecule has 0 spiro atoms. The molecule has 0 aliphatic heterocycles. The third-order valence-electron chi connectivity index (χ3n) is 5.32. The van der Waals surface area contributed by atoms with Crippen molar-refractivity contribution >= 4 is 11.8 Å². The van der Waals surface area contributed by atoms with Crippen LogP contribution in [0.2, 0.25) is 0 Å². The summed E-state index contributed by atoms with van der Waals surface area (Å²) in [5, 5.41) is 0. The first-order valence-electron chi connectivity index (χ1n) is 9.21. The first kappa shape index (κ1) is 18.3. The highest BCUT2D eigenvalue weighted by atomic mass is 16.5. The molecule has 1 atom stereocenters. The minimum atomic E-state index is -0.700. The molecule has 1 unspecified atom stereocenters. The molecule has 136 valence electrons. The largest absolute Gasteiger partial charge is 0.427 e. The van der Waals surface area contributed by atoms with E-state index in [1.54, 1.807) is 24.3 Å². The number of Topliss-reactive ketones (excluding diaryl/α,β-unsaturated/α-hetero) is 1. The Kier molecular flexibility index (Phi) is 5.84. The Hall–Kier alpha value is -2.46. The zero-order chi connectivity index (χ0) is 18.4. The van der Waals surface area contributed by atoms with E-state index < -0.39 is 11.5 Å². The van der Waals surface area contributed by atoms with Gasteiger partial charge in [0.2, 0.25) is 0 Å². The summed E-state index contributed by atoms with van der Waals surface area (Å²) >= 11 is 0. The molecule has 3 rings (SSSR count). The van der Waals surface area contributed by atoms with Gasteiger partial charge in [-0.15, -0.1) is 0 Å². The fourth-order valence-electron chi connectivity index (χ4n) is 3.86. The van der Waals surface area contributed by atoms with Crippen molar-refractivity contribution in [3.05, 3.63) is 66.2 Å². The van der Waals surface area contributed by atoms with Crippen LogP contribution in [0.25, 0.3) is 0 Å². The number of hydrogen-bond acceptors (Lipinski definition) is 4. The second kappa shape index (κ2) is 8.28. The Bertz CT molecular complexity index is 736. The van der Waals surface area contributed by atoms with Gasteiger partial charge < -0.3 is 10.5 Å². The predicted octanol–water partition coefficient (Wildman–Crippen LogP) is 4.14. The molecule has 4 heteroatoms. The standard InChI is InChI=1S/C22H25NO3/c23-21(20(25)17-10-4-1-5-11-17)22(14-8-3-9-15-22)16-19(24)26-18-12-6-2-7-13-18/h1-2,4-7,10-13,21H,3,8-9,14-16,23H2. The highest BCUT2D eigenvalue weighted by Crippen LogP contribution is 2.42. The monoisotopic (exact) mass is 351 g/mol. The fourth-order valence-corrected chi connectivity index (χ4v) is 3.86. The van der Waals surface area contributed by atoms with Crippen molar-refractivity contribution in [3.63, 3.8) is 0 Å². The lowest BCUT2D eigenvalue weighted by Crippen LogP contribution is -2.50. The Balaban J connectivity index is 1.77. The van der Waals surface area contributed by atoms with Crippen molar-refractivity contribution in [2.24, 2.45) is 11.1 Å². The van der Waals surface area contributed by atoms with Crippen LogP contribution in [0.15, 0.2) is 60.7 Å². The number of hydrogen-bond donors (Lipinski definition) is 1. The summed E-state index contributed by atoms with van der Waals surface area (Å²) in [5.41, 5.74) is 6.51. The van der Waals surface area contributed by atoms with Crippen LogP contribution < -0.4 is 10.5 Å². The maximum absolute atomic E-state index is 12.9. The van der Waals surface area contributed by atoms with Gasteiger partial charge in [-0.1, -0.05) is 67.8 Å². The first-order valence-corrected chi connectivity index (χ1v) is 9.21. The number of para-hydroxylation sites is 1. The average Bonchev–Trinajstić information content (AvgIpc) is 2.69. The van der Waals surface area contributed by atoms with Gasteiger partial charge in [-0.3, -0.25) is 9.59 Å². The lowest BCUT2D eigenvalue weighted by atomic mass is 9.65. The Morgan fingerprint density at radius 2 is 1.50 bits per heavy atom. The van der Waals surface area contributed by atoms with E-state index in [-0.39, 0.29) is 18.2 Å². The van der Waals surface area contributed by atoms with E-state index in [0.717, 1.165) is 32.1 Å². The number of benzene rings is 2. The smallest absolute Gasteiger partial charge is 0.311 e. The molecular formula is C22H25NO3. The Morgan fingerprint density at radius 3 is 2.12 bits per heavy atom. The van der Waals surface area contributed by atoms with Crippen molar-refractivity contribution in [2.75, 3.05) is 0 Å². The number of nitrogens with two attached hydrogens (primary N) is 1. The Morgan fingerprint density at radius 1 is 0.923 bits per heavy atom. The molecule has 1 fully saturated rings. The minimum Gasteiger partial charge on any atom is -0.427 e. The second-order valence-corrected chi connectivity index (χ2v) is 7.09. The SMILES string of the molecule is NC(C(=O)c1ccccc1)C1(CC(=O)Oc2ccccc2)CCCCC1. The molecule has 4 nitrogen and oxygen atoms in total. The van der Waals surface area contributed by atoms with E-state index in [9.17, 15) is 9.59 Å². The third-order valence-corrected chi connectivity index (χ3v) is 5.32. The molecular weight excluding hydrogens is 326 g/mol. The van der Waals surface area contributed by atoms with E-state index in [2.05, 4.69) is 0 Å². The minimum absolute atomic E-state index is 0.0972. The van der Waals surface area contributed by atoms with Gasteiger partial charge >= 0.3 is 5.97 Å². The van der Waals surface area contributed by atoms with Crippen molar-refractivity contribution < 1.29 is 14.3 Å². The lowest BCUT2D eigenvalue weighted by molar-refractivity contribution is -0.137. The summed E-state index contributed by atoms with van der Waals surface area (Å²) in [5.74, 6) is 0.0980. The summed E-state index contributed by atoms with van der Waals surface area (Å²) in [7, 11) is 0. The number of ether oxygens (including phenoxy) is 1. The van der Waals surface area contributed by atoms with Gasteiger partial charge in [0.15, 0.2) is 5.78 Å². The van der Waals surface area contributed by atoms with Crippen molar-refractivity contribution in [3.8, 4) is 5.75 Å². The molecule has 0 heterocycles. The van der Waals surface area contributed by atoms with Crippen LogP contribution in [-0.2, 0) is 4.79 Å². The number of carbonyl (C=O) groups is 2. The average molecular weight is 351 g/mol. The van der Waals surface area contributed by atoms with Crippen LogP contribution in [0, 0.1) is 5.41 Å². The molecule has 2 aromatic carbocycles. The molecule has 0 bridgehead atoms. The normalized spacial score (nSPS) is 17.3. The number of rotatable bonds is 6. The zero-order valence-corrected chi connectivity index (χ0v) is 14.9. The van der Waals surface area contributed by atoms with Crippen molar-refractivity contribution in [2.45, 2.75) is 44.6 Å². The van der Waals surface area contributed by atoms with Gasteiger partial charge in [0.25, 0.3) is 0 Å². The first-order chi connectivity index (χ1) is 12.6. The molecule has 2 aromatic rings. The summed E-state index contributed by atoms with van der Waals surface area (Å²) in [6, 6.07) is 17.4. The maximum atomic E-state index is 12.9. The summed E-state index contributed by atoms with van der Waals surface area (Å²) in [4.78, 5) is 25.5. The molecule has 1 aliphatic carbocycles. The topological polar surface area (TPSA) is 69.4 Å². The van der Waals surface area contributed by atoms with Crippen LogP contribution in [0.4, 0.5) is 0 Å². The number of ketones is 1. The van der Waals surface area contributed by atoms with Gasteiger partial charge in [0, 0.05) is 11.0 Å². The predicted molar refractivity (Wildman–Crippen MR) is 101 cm³/mol. The molecule has 0 aromatic heterocycles. The summed E-state index contributed by atoms with van der Waals surface area (Å²) < 4.78 is 5.47. The van der Waals surface area contributed by atoms with Gasteiger partial charge in [-0.25, -0.2) is 0 Å². The highest BCUT2D eigenvalue weighted by Gasteiger charge is 2.43. The van der Waals surface area contributed by atoms with Crippen molar-refractivity contribution in [1.29, 1.82) is 0 Å². The van der Waals surface area contributed by atoms with E-state index >= 15 is 0 Å². The van der Waals surface area contributed by atoms with Gasteiger partial charge in [-0.2, -0.15) is 0 Å². The fraction of sp³-hybridized carbons (Fsp3) is 0.364. The lowest BCUT2D eigenvalue weighted by Gasteiger charge is -2.40. The quantitative estimate of drug-likeness (QED) is 0.482. The van der Waals surface area contributed by atoms with Crippen LogP contribution in [0.3, 0.4) is 0 Å². The summed E-state index contributed by atoms with van der Waals surface area (Å²) in [6.07, 6.45) is 4.79. The zero-order valence-electron chi connectivity index (χ0n) is 14.9. The van der Waals surface area contributed by atoms with Crippen LogP contribution in [0.1, 0.15) is 48.9 Å². The van der Waals surface area contributed by atoms with Crippen LogP contribution >= 0.6 is 0 Å². The van der Waals surface area contributed by atoms with E-state index in [0.29, 0.717) is 11.3 Å². The van der Waals surface area contributed by atoms with E-state index in [1.807, 2.05) is 36.4 Å². The maximum Gasteiger partial charge on any atom is 0.311 e. The molecule has 1 aliphatic rings. The number of carbonyl (C=O) groups excluding carboxylic acids is 2. The van der Waals surface area contributed by atoms with Gasteiger partial charge in [0.1, 0.15) is 5.75 Å². The van der Waals surface area contributed by atoms with E-state index in [4.69, 9.17) is 10.5 Å². The number of esters is 1. The molecule has 1 saturated carbocycles. The Labute approximate surface area is 154 Å². The molecule has 0 saturated heterocycles. The molecule has 0 radical (unpaired) electrons. The molecule has 0 amide bonds.